The Labute approximate surface area is 171 Å². The summed E-state index contributed by atoms with van der Waals surface area (Å²) < 4.78 is 16.6. The van der Waals surface area contributed by atoms with E-state index in [9.17, 15) is 14.7 Å². The number of aliphatic hydroxyl groups excluding tert-OH is 1. The minimum atomic E-state index is -0.884. The minimum absolute atomic E-state index is 0.00956. The number of nitrogens with two attached hydrogens (primary N) is 1. The molecule has 8 heteroatoms. The predicted molar refractivity (Wildman–Crippen MR) is 105 cm³/mol. The van der Waals surface area contributed by atoms with Crippen LogP contribution < -0.4 is 15.9 Å². The Hall–Kier alpha value is -3.91. The van der Waals surface area contributed by atoms with Gasteiger partial charge in [0.25, 0.3) is 0 Å². The van der Waals surface area contributed by atoms with Crippen molar-refractivity contribution in [2.45, 2.75) is 19.1 Å². The number of fused-ring (bicyclic) bond motifs is 1. The van der Waals surface area contributed by atoms with Gasteiger partial charge in [-0.25, -0.2) is 4.79 Å². The third-order valence-corrected chi connectivity index (χ3v) is 4.62. The monoisotopic (exact) mass is 406 g/mol. The molecule has 30 heavy (non-hydrogen) atoms. The van der Waals surface area contributed by atoms with E-state index in [0.717, 1.165) is 11.6 Å². The van der Waals surface area contributed by atoms with E-state index in [1.54, 1.807) is 18.3 Å². The summed E-state index contributed by atoms with van der Waals surface area (Å²) in [5.74, 6) is -1.90. The molecule has 0 radical (unpaired) electrons. The number of esters is 1. The fourth-order valence-corrected chi connectivity index (χ4v) is 3.24. The van der Waals surface area contributed by atoms with Crippen LogP contribution in [0.5, 0.6) is 5.75 Å². The number of aromatic nitrogens is 1. The average Bonchev–Trinajstić information content (AvgIpc) is 2.78. The molecule has 4 rings (SSSR count). The van der Waals surface area contributed by atoms with Crippen LogP contribution in [0.15, 0.2) is 81.6 Å². The van der Waals surface area contributed by atoms with Crippen LogP contribution in [0, 0.1) is 0 Å². The van der Waals surface area contributed by atoms with Crippen LogP contribution in [0.4, 0.5) is 0 Å². The molecule has 0 saturated heterocycles. The van der Waals surface area contributed by atoms with Gasteiger partial charge in [0.15, 0.2) is 5.76 Å². The number of carbonyl (C=O) groups excluding carboxylic acids is 1. The smallest absolute Gasteiger partial charge is 0.340 e. The molecule has 0 aliphatic carbocycles. The molecule has 0 fully saturated rings. The van der Waals surface area contributed by atoms with Gasteiger partial charge >= 0.3 is 5.97 Å². The van der Waals surface area contributed by atoms with Crippen molar-refractivity contribution in [2.24, 2.45) is 5.73 Å². The summed E-state index contributed by atoms with van der Waals surface area (Å²) in [5, 5.41) is 9.44. The molecule has 0 amide bonds. The highest BCUT2D eigenvalue weighted by Gasteiger charge is 2.39. The second kappa shape index (κ2) is 8.22. The van der Waals surface area contributed by atoms with Crippen molar-refractivity contribution in [3.05, 3.63) is 105 Å². The average molecular weight is 406 g/mol. The number of aliphatic hydroxyl groups is 1. The molecule has 0 saturated carbocycles. The molecule has 3 heterocycles. The van der Waals surface area contributed by atoms with Crippen LogP contribution in [0.3, 0.4) is 0 Å². The maximum atomic E-state index is 13.0. The van der Waals surface area contributed by atoms with Crippen LogP contribution in [0.25, 0.3) is 0 Å². The highest BCUT2D eigenvalue weighted by molar-refractivity contribution is 5.92. The van der Waals surface area contributed by atoms with Gasteiger partial charge in [-0.05, 0) is 17.2 Å². The minimum Gasteiger partial charge on any atom is -0.458 e. The molecule has 0 bridgehead atoms. The summed E-state index contributed by atoms with van der Waals surface area (Å²) >= 11 is 0. The first-order valence-electron chi connectivity index (χ1n) is 9.14. The molecule has 1 aromatic carbocycles. The van der Waals surface area contributed by atoms with Gasteiger partial charge in [0.05, 0.1) is 5.92 Å². The number of hydrogen-bond acceptors (Lipinski definition) is 8. The lowest BCUT2D eigenvalue weighted by molar-refractivity contribution is -0.140. The quantitative estimate of drug-likeness (QED) is 0.616. The highest BCUT2D eigenvalue weighted by Crippen LogP contribution is 2.41. The number of nitrogens with zero attached hydrogens (tertiary/aromatic N) is 1. The summed E-state index contributed by atoms with van der Waals surface area (Å²) in [6.45, 7) is -0.459. The van der Waals surface area contributed by atoms with Gasteiger partial charge in [0, 0.05) is 18.5 Å². The SMILES string of the molecule is NC1=C(C(=O)OCc2ccccc2)[C@H](c2cccnc2)c2oc(CO)cc(=O)c2O1. The normalized spacial score (nSPS) is 15.3. The zero-order valence-corrected chi connectivity index (χ0v) is 15.8. The fourth-order valence-electron chi connectivity index (χ4n) is 3.24. The molecule has 1 aliphatic heterocycles. The predicted octanol–water partition coefficient (Wildman–Crippen LogP) is 1.97. The molecule has 0 spiro atoms. The van der Waals surface area contributed by atoms with E-state index in [0.29, 0.717) is 5.56 Å². The van der Waals surface area contributed by atoms with Crippen LogP contribution in [-0.4, -0.2) is 16.1 Å². The van der Waals surface area contributed by atoms with E-state index in [-0.39, 0.29) is 35.3 Å². The molecule has 1 atom stereocenters. The van der Waals surface area contributed by atoms with E-state index in [1.807, 2.05) is 30.3 Å². The van der Waals surface area contributed by atoms with Crippen LogP contribution in [0.1, 0.15) is 28.6 Å². The summed E-state index contributed by atoms with van der Waals surface area (Å²) in [7, 11) is 0. The van der Waals surface area contributed by atoms with E-state index >= 15 is 0 Å². The Morgan fingerprint density at radius 3 is 2.70 bits per heavy atom. The Kier molecular flexibility index (Phi) is 5.32. The second-order valence-corrected chi connectivity index (χ2v) is 6.59. The lowest BCUT2D eigenvalue weighted by atomic mass is 9.87. The van der Waals surface area contributed by atoms with Gasteiger partial charge in [-0.1, -0.05) is 36.4 Å². The topological polar surface area (TPSA) is 125 Å². The number of benzene rings is 1. The fraction of sp³-hybridized carbons (Fsp3) is 0.136. The number of pyridine rings is 1. The van der Waals surface area contributed by atoms with Crippen LogP contribution in [0.2, 0.25) is 0 Å². The van der Waals surface area contributed by atoms with Crippen molar-refractivity contribution in [3.63, 3.8) is 0 Å². The van der Waals surface area contributed by atoms with E-state index < -0.39 is 23.9 Å². The highest BCUT2D eigenvalue weighted by atomic mass is 16.5. The van der Waals surface area contributed by atoms with E-state index in [2.05, 4.69) is 4.98 Å². The third kappa shape index (κ3) is 3.68. The lowest BCUT2D eigenvalue weighted by Crippen LogP contribution is -2.30. The number of ether oxygens (including phenoxy) is 2. The van der Waals surface area contributed by atoms with Crippen molar-refractivity contribution in [2.75, 3.05) is 0 Å². The Morgan fingerprint density at radius 1 is 1.20 bits per heavy atom. The van der Waals surface area contributed by atoms with Gasteiger partial charge in [-0.2, -0.15) is 0 Å². The Morgan fingerprint density at radius 2 is 2.00 bits per heavy atom. The van der Waals surface area contributed by atoms with Crippen molar-refractivity contribution in [1.82, 2.24) is 4.98 Å². The third-order valence-electron chi connectivity index (χ3n) is 4.62. The molecule has 2 aromatic heterocycles. The van der Waals surface area contributed by atoms with Crippen molar-refractivity contribution >= 4 is 5.97 Å². The summed E-state index contributed by atoms with van der Waals surface area (Å²) in [6.07, 6.45) is 3.10. The first-order valence-corrected chi connectivity index (χ1v) is 9.14. The first kappa shape index (κ1) is 19.4. The van der Waals surface area contributed by atoms with E-state index in [4.69, 9.17) is 19.6 Å². The van der Waals surface area contributed by atoms with Crippen LogP contribution in [-0.2, 0) is 22.7 Å². The summed E-state index contributed by atoms with van der Waals surface area (Å²) in [5.41, 5.74) is 6.86. The van der Waals surface area contributed by atoms with Crippen molar-refractivity contribution in [1.29, 1.82) is 0 Å². The number of hydrogen-bond donors (Lipinski definition) is 2. The maximum Gasteiger partial charge on any atom is 0.340 e. The molecule has 152 valence electrons. The van der Waals surface area contributed by atoms with Crippen molar-refractivity contribution in [3.8, 4) is 5.75 Å². The van der Waals surface area contributed by atoms with Gasteiger partial charge in [0.1, 0.15) is 24.5 Å². The molecular formula is C22H18N2O6. The Balaban J connectivity index is 1.77. The van der Waals surface area contributed by atoms with Gasteiger partial charge in [0.2, 0.25) is 17.1 Å². The van der Waals surface area contributed by atoms with Gasteiger partial charge in [-0.15, -0.1) is 0 Å². The largest absolute Gasteiger partial charge is 0.458 e. The molecule has 8 nitrogen and oxygen atoms in total. The number of carbonyl (C=O) groups is 1. The number of rotatable bonds is 5. The molecule has 3 aromatic rings. The first-order chi connectivity index (χ1) is 14.6. The lowest BCUT2D eigenvalue weighted by Gasteiger charge is -2.26. The maximum absolute atomic E-state index is 13.0. The van der Waals surface area contributed by atoms with Gasteiger partial charge in [-0.3, -0.25) is 9.78 Å². The standard InChI is InChI=1S/C22H18N2O6/c23-21-18(22(27)28-12-13-5-2-1-3-6-13)17(14-7-4-8-24-10-14)20-19(30-21)16(26)9-15(11-25)29-20/h1-10,17,25H,11-12,23H2/t17-/m0/s1. The zero-order valence-electron chi connectivity index (χ0n) is 15.8. The second-order valence-electron chi connectivity index (χ2n) is 6.59. The molecule has 3 N–H and O–H groups in total. The van der Waals surface area contributed by atoms with Crippen LogP contribution >= 0.6 is 0 Å². The summed E-state index contributed by atoms with van der Waals surface area (Å²) in [6, 6.07) is 13.7. The molecular weight excluding hydrogens is 388 g/mol. The summed E-state index contributed by atoms with van der Waals surface area (Å²) in [4.78, 5) is 29.5. The zero-order chi connectivity index (χ0) is 21.1. The van der Waals surface area contributed by atoms with Crippen molar-refractivity contribution < 1.29 is 23.8 Å². The van der Waals surface area contributed by atoms with Gasteiger partial charge < -0.3 is 24.7 Å². The van der Waals surface area contributed by atoms with E-state index in [1.165, 1.54) is 6.20 Å². The molecule has 1 aliphatic rings. The molecule has 0 unspecified atom stereocenters. The Bertz CT molecular complexity index is 1160.